The van der Waals surface area contributed by atoms with E-state index in [0.717, 1.165) is 12.1 Å². The third-order valence-corrected chi connectivity index (χ3v) is 7.09. The Bertz CT molecular complexity index is 702. The van der Waals surface area contributed by atoms with Crippen LogP contribution < -0.4 is 0 Å². The zero-order valence-corrected chi connectivity index (χ0v) is 12.9. The molecule has 0 aliphatic carbocycles. The maximum Gasteiger partial charge on any atom is 0.371 e. The van der Waals surface area contributed by atoms with E-state index in [1.165, 1.54) is 20.8 Å². The van der Waals surface area contributed by atoms with Crippen molar-refractivity contribution in [2.45, 2.75) is 30.6 Å². The van der Waals surface area contributed by atoms with Crippen molar-refractivity contribution in [1.82, 2.24) is 0 Å². The molecule has 1 N–H and O–H groups in total. The second-order valence-electron chi connectivity index (χ2n) is 5.17. The van der Waals surface area contributed by atoms with Crippen molar-refractivity contribution in [3.8, 4) is 0 Å². The van der Waals surface area contributed by atoms with E-state index in [1.54, 1.807) is 0 Å². The van der Waals surface area contributed by atoms with E-state index in [1.807, 2.05) is 0 Å². The quantitative estimate of drug-likeness (QED) is 0.856. The summed E-state index contributed by atoms with van der Waals surface area (Å²) in [5, 5.41) is 8.10. The fraction of sp³-hybridized carbons (Fsp3) is 0.545. The van der Waals surface area contributed by atoms with Crippen LogP contribution in [-0.4, -0.2) is 44.2 Å². The van der Waals surface area contributed by atoms with Crippen LogP contribution >= 0.6 is 0 Å². The molecule has 1 heterocycles. The Balaban J connectivity index is 2.94. The molecule has 1 rings (SSSR count). The van der Waals surface area contributed by atoms with E-state index in [9.17, 15) is 21.6 Å². The van der Waals surface area contributed by atoms with Crippen LogP contribution in [0.4, 0.5) is 0 Å². The molecule has 9 heteroatoms. The number of carbonyl (C=O) groups is 1. The van der Waals surface area contributed by atoms with Crippen molar-refractivity contribution in [3.63, 3.8) is 0 Å². The molecule has 0 spiro atoms. The Hall–Kier alpha value is -1.35. The Labute approximate surface area is 117 Å². The van der Waals surface area contributed by atoms with Gasteiger partial charge < -0.3 is 9.52 Å². The lowest BCUT2D eigenvalue weighted by Gasteiger charge is -2.18. The van der Waals surface area contributed by atoms with Crippen molar-refractivity contribution in [2.24, 2.45) is 0 Å². The molecule has 0 saturated carbocycles. The minimum Gasteiger partial charge on any atom is -0.475 e. The molecule has 114 valence electrons. The van der Waals surface area contributed by atoms with Gasteiger partial charge in [-0.1, -0.05) is 0 Å². The van der Waals surface area contributed by atoms with E-state index in [0.29, 0.717) is 0 Å². The molecule has 0 aliphatic rings. The highest BCUT2D eigenvalue weighted by molar-refractivity contribution is 7.95. The highest BCUT2D eigenvalue weighted by Gasteiger charge is 2.31. The SMILES string of the molecule is CC(C)(C)S(=O)(=O)CCS(=O)(=O)c1ccc(C(=O)O)o1. The lowest BCUT2D eigenvalue weighted by molar-refractivity contribution is 0.0656. The minimum absolute atomic E-state index is 0.512. The van der Waals surface area contributed by atoms with Gasteiger partial charge in [0.15, 0.2) is 9.84 Å². The molecule has 20 heavy (non-hydrogen) atoms. The maximum absolute atomic E-state index is 11.9. The van der Waals surface area contributed by atoms with Crippen LogP contribution in [0.3, 0.4) is 0 Å². The zero-order chi connectivity index (χ0) is 15.8. The Kier molecular flexibility index (Phi) is 4.35. The standard InChI is InChI=1S/C11H16O7S2/c1-11(2,3)20(16,17)7-6-19(14,15)9-5-4-8(18-9)10(12)13/h4-5H,6-7H2,1-3H3,(H,12,13). The molecule has 0 radical (unpaired) electrons. The fourth-order valence-electron chi connectivity index (χ4n) is 1.23. The molecule has 0 aliphatic heterocycles. The van der Waals surface area contributed by atoms with Gasteiger partial charge in [-0.15, -0.1) is 0 Å². The van der Waals surface area contributed by atoms with Gasteiger partial charge in [-0.05, 0) is 32.9 Å². The van der Waals surface area contributed by atoms with Crippen LogP contribution in [-0.2, 0) is 19.7 Å². The van der Waals surface area contributed by atoms with Crippen molar-refractivity contribution in [1.29, 1.82) is 0 Å². The molecule has 0 unspecified atom stereocenters. The number of hydrogen-bond donors (Lipinski definition) is 1. The van der Waals surface area contributed by atoms with Gasteiger partial charge >= 0.3 is 5.97 Å². The largest absolute Gasteiger partial charge is 0.475 e. The van der Waals surface area contributed by atoms with E-state index in [-0.39, 0.29) is 0 Å². The van der Waals surface area contributed by atoms with Gasteiger partial charge in [0.25, 0.3) is 0 Å². The van der Waals surface area contributed by atoms with Crippen molar-refractivity contribution in [3.05, 3.63) is 17.9 Å². The van der Waals surface area contributed by atoms with Crippen molar-refractivity contribution < 1.29 is 31.2 Å². The number of carboxylic acids is 1. The number of aromatic carboxylic acids is 1. The predicted octanol–water partition coefficient (Wildman–Crippen LogP) is 0.965. The van der Waals surface area contributed by atoms with Gasteiger partial charge in [0.1, 0.15) is 0 Å². The highest BCUT2D eigenvalue weighted by Crippen LogP contribution is 2.20. The molecule has 1 aromatic heterocycles. The van der Waals surface area contributed by atoms with Gasteiger partial charge in [0.2, 0.25) is 20.7 Å². The summed E-state index contributed by atoms with van der Waals surface area (Å²) in [6.07, 6.45) is 0. The van der Waals surface area contributed by atoms with Gasteiger partial charge in [-0.3, -0.25) is 0 Å². The Morgan fingerprint density at radius 2 is 1.70 bits per heavy atom. The molecular formula is C11H16O7S2. The molecular weight excluding hydrogens is 308 g/mol. The summed E-state index contributed by atoms with van der Waals surface area (Å²) < 4.78 is 51.1. The van der Waals surface area contributed by atoms with Gasteiger partial charge in [0.05, 0.1) is 16.3 Å². The normalized spacial score (nSPS) is 13.3. The second kappa shape index (κ2) is 5.21. The van der Waals surface area contributed by atoms with Crippen molar-refractivity contribution in [2.75, 3.05) is 11.5 Å². The molecule has 0 saturated heterocycles. The summed E-state index contributed by atoms with van der Waals surface area (Å²) in [7, 11) is -7.56. The Morgan fingerprint density at radius 1 is 1.15 bits per heavy atom. The summed E-state index contributed by atoms with van der Waals surface area (Å²) in [6.45, 7) is 4.43. The summed E-state index contributed by atoms with van der Waals surface area (Å²) >= 11 is 0. The zero-order valence-electron chi connectivity index (χ0n) is 11.3. The van der Waals surface area contributed by atoms with E-state index in [4.69, 9.17) is 5.11 Å². The maximum atomic E-state index is 11.9. The minimum atomic E-state index is -3.98. The first-order valence-electron chi connectivity index (χ1n) is 5.65. The molecule has 0 atom stereocenters. The predicted molar refractivity (Wildman–Crippen MR) is 71.3 cm³/mol. The van der Waals surface area contributed by atoms with E-state index >= 15 is 0 Å². The summed E-state index contributed by atoms with van der Waals surface area (Å²) in [6, 6.07) is 2.01. The summed E-state index contributed by atoms with van der Waals surface area (Å²) in [5.41, 5.74) is 0. The monoisotopic (exact) mass is 324 g/mol. The second-order valence-corrected chi connectivity index (χ2v) is 10.1. The van der Waals surface area contributed by atoms with Gasteiger partial charge in [-0.25, -0.2) is 21.6 Å². The van der Waals surface area contributed by atoms with Crippen LogP contribution in [0.1, 0.15) is 31.3 Å². The Morgan fingerprint density at radius 3 is 2.10 bits per heavy atom. The molecule has 0 bridgehead atoms. The van der Waals surface area contributed by atoms with Crippen molar-refractivity contribution >= 4 is 25.6 Å². The average molecular weight is 324 g/mol. The number of rotatable bonds is 5. The van der Waals surface area contributed by atoms with Crippen LogP contribution in [0.25, 0.3) is 0 Å². The van der Waals surface area contributed by atoms with Crippen LogP contribution in [0, 0.1) is 0 Å². The first kappa shape index (κ1) is 16.7. The first-order valence-corrected chi connectivity index (χ1v) is 8.95. The number of hydrogen-bond acceptors (Lipinski definition) is 6. The lowest BCUT2D eigenvalue weighted by atomic mass is 10.3. The van der Waals surface area contributed by atoms with E-state index in [2.05, 4.69) is 4.42 Å². The molecule has 0 amide bonds. The number of sulfone groups is 2. The first-order chi connectivity index (χ1) is 8.87. The smallest absolute Gasteiger partial charge is 0.371 e. The third-order valence-electron chi connectivity index (χ3n) is 2.65. The molecule has 1 aromatic rings. The molecule has 0 fully saturated rings. The lowest BCUT2D eigenvalue weighted by Crippen LogP contribution is -2.33. The topological polar surface area (TPSA) is 119 Å². The highest BCUT2D eigenvalue weighted by atomic mass is 32.2. The molecule has 0 aromatic carbocycles. The fourth-order valence-corrected chi connectivity index (χ4v) is 4.29. The third kappa shape index (κ3) is 3.60. The van der Waals surface area contributed by atoms with E-state index < -0.39 is 52.7 Å². The number of furan rings is 1. The van der Waals surface area contributed by atoms with Gasteiger partial charge in [-0.2, -0.15) is 0 Å². The average Bonchev–Trinajstić information content (AvgIpc) is 2.75. The van der Waals surface area contributed by atoms with Crippen LogP contribution in [0.2, 0.25) is 0 Å². The number of carboxylic acid groups (broad SMARTS) is 1. The summed E-state index contributed by atoms with van der Waals surface area (Å²) in [5.74, 6) is -3.11. The molecule has 7 nitrogen and oxygen atoms in total. The van der Waals surface area contributed by atoms with Crippen LogP contribution in [0.15, 0.2) is 21.6 Å². The van der Waals surface area contributed by atoms with Gasteiger partial charge in [0, 0.05) is 0 Å². The summed E-state index contributed by atoms with van der Waals surface area (Å²) in [4.78, 5) is 10.6. The van der Waals surface area contributed by atoms with Crippen LogP contribution in [0.5, 0.6) is 0 Å².